The first-order valence-corrected chi connectivity index (χ1v) is 5.35. The third-order valence-electron chi connectivity index (χ3n) is 2.75. The zero-order valence-electron chi connectivity index (χ0n) is 9.49. The van der Waals surface area contributed by atoms with Crippen molar-refractivity contribution in [2.24, 2.45) is 11.7 Å². The molecule has 0 aromatic heterocycles. The van der Waals surface area contributed by atoms with Crippen LogP contribution in [0.15, 0.2) is 24.3 Å². The first-order valence-electron chi connectivity index (χ1n) is 5.35. The molecule has 0 fully saturated rings. The monoisotopic (exact) mass is 229 g/mol. The summed E-state index contributed by atoms with van der Waals surface area (Å²) in [6.45, 7) is 1.19. The molecule has 0 amide bonds. The molecule has 1 rings (SSSR count). The second-order valence-corrected chi connectivity index (χ2v) is 3.83. The maximum Gasteiger partial charge on any atom is 0.387 e. The van der Waals surface area contributed by atoms with Crippen molar-refractivity contribution in [2.75, 3.05) is 0 Å². The first-order chi connectivity index (χ1) is 7.56. The molecule has 0 spiro atoms. The van der Waals surface area contributed by atoms with Gasteiger partial charge in [0, 0.05) is 11.6 Å². The fraction of sp³-hybridized carbons (Fsp3) is 0.500. The van der Waals surface area contributed by atoms with Crippen LogP contribution in [0.5, 0.6) is 5.75 Å². The number of benzene rings is 1. The van der Waals surface area contributed by atoms with Gasteiger partial charge in [0.25, 0.3) is 0 Å². The summed E-state index contributed by atoms with van der Waals surface area (Å²) < 4.78 is 28.8. The highest BCUT2D eigenvalue weighted by molar-refractivity contribution is 5.36. The predicted molar refractivity (Wildman–Crippen MR) is 59.5 cm³/mol. The molecular weight excluding hydrogens is 212 g/mol. The average molecular weight is 229 g/mol. The van der Waals surface area contributed by atoms with E-state index in [4.69, 9.17) is 5.73 Å². The van der Waals surface area contributed by atoms with Gasteiger partial charge in [0.05, 0.1) is 0 Å². The Morgan fingerprint density at radius 1 is 1.31 bits per heavy atom. The fourth-order valence-electron chi connectivity index (χ4n) is 1.52. The number of alkyl halides is 2. The van der Waals surface area contributed by atoms with E-state index in [1.54, 1.807) is 18.2 Å². The minimum Gasteiger partial charge on any atom is -0.434 e. The summed E-state index contributed by atoms with van der Waals surface area (Å²) in [6.07, 6.45) is 0.893. The first kappa shape index (κ1) is 12.9. The van der Waals surface area contributed by atoms with Crippen molar-refractivity contribution >= 4 is 0 Å². The van der Waals surface area contributed by atoms with Crippen molar-refractivity contribution in [1.82, 2.24) is 0 Å². The Morgan fingerprint density at radius 2 is 1.94 bits per heavy atom. The Kier molecular flexibility index (Phi) is 4.68. The Balaban J connectivity index is 2.93. The standard InChI is InChI=1S/C12H17F2NO/c1-3-8(2)11(15)9-6-4-5-7-10(9)16-12(13)14/h4-8,11-12H,3,15H2,1-2H3/t8?,11-/m0/s1. The summed E-state index contributed by atoms with van der Waals surface area (Å²) in [5.74, 6) is 0.396. The number of hydrogen-bond acceptors (Lipinski definition) is 2. The van der Waals surface area contributed by atoms with E-state index >= 15 is 0 Å². The largest absolute Gasteiger partial charge is 0.434 e. The Labute approximate surface area is 94.4 Å². The van der Waals surface area contributed by atoms with Gasteiger partial charge in [0.1, 0.15) is 5.75 Å². The van der Waals surface area contributed by atoms with Crippen LogP contribution in [-0.4, -0.2) is 6.61 Å². The third-order valence-corrected chi connectivity index (χ3v) is 2.75. The molecule has 1 unspecified atom stereocenters. The second-order valence-electron chi connectivity index (χ2n) is 3.83. The smallest absolute Gasteiger partial charge is 0.387 e. The molecule has 0 saturated carbocycles. The summed E-state index contributed by atoms with van der Waals surface area (Å²) in [7, 11) is 0. The minimum atomic E-state index is -2.81. The number of hydrogen-bond donors (Lipinski definition) is 1. The summed E-state index contributed by atoms with van der Waals surface area (Å²) in [6, 6.07) is 6.40. The lowest BCUT2D eigenvalue weighted by molar-refractivity contribution is -0.0507. The van der Waals surface area contributed by atoms with Crippen LogP contribution in [0.2, 0.25) is 0 Å². The normalized spacial score (nSPS) is 14.9. The van der Waals surface area contributed by atoms with Crippen LogP contribution in [0.3, 0.4) is 0 Å². The highest BCUT2D eigenvalue weighted by Crippen LogP contribution is 2.30. The van der Waals surface area contributed by atoms with E-state index in [1.165, 1.54) is 6.07 Å². The molecule has 0 heterocycles. The predicted octanol–water partition coefficient (Wildman–Crippen LogP) is 3.33. The van der Waals surface area contributed by atoms with E-state index in [1.807, 2.05) is 13.8 Å². The number of halogens is 2. The van der Waals surface area contributed by atoms with Gasteiger partial charge in [-0.15, -0.1) is 0 Å². The summed E-state index contributed by atoms with van der Waals surface area (Å²) >= 11 is 0. The van der Waals surface area contributed by atoms with Gasteiger partial charge < -0.3 is 10.5 Å². The Morgan fingerprint density at radius 3 is 2.50 bits per heavy atom. The van der Waals surface area contributed by atoms with E-state index < -0.39 is 6.61 Å². The SMILES string of the molecule is CCC(C)[C@H](N)c1ccccc1OC(F)F. The molecule has 2 N–H and O–H groups in total. The van der Waals surface area contributed by atoms with Crippen molar-refractivity contribution in [2.45, 2.75) is 32.9 Å². The van der Waals surface area contributed by atoms with Gasteiger partial charge in [-0.25, -0.2) is 0 Å². The van der Waals surface area contributed by atoms with Gasteiger partial charge in [-0.2, -0.15) is 8.78 Å². The van der Waals surface area contributed by atoms with Crippen molar-refractivity contribution in [1.29, 1.82) is 0 Å². The van der Waals surface area contributed by atoms with Crippen molar-refractivity contribution in [3.63, 3.8) is 0 Å². The van der Waals surface area contributed by atoms with E-state index in [9.17, 15) is 8.78 Å². The van der Waals surface area contributed by atoms with E-state index in [2.05, 4.69) is 4.74 Å². The lowest BCUT2D eigenvalue weighted by Crippen LogP contribution is -2.20. The molecule has 90 valence electrons. The molecular formula is C12H17F2NO. The van der Waals surface area contributed by atoms with Crippen molar-refractivity contribution in [3.05, 3.63) is 29.8 Å². The summed E-state index contributed by atoms with van der Waals surface area (Å²) in [5.41, 5.74) is 6.64. The fourth-order valence-corrected chi connectivity index (χ4v) is 1.52. The Hall–Kier alpha value is -1.16. The second kappa shape index (κ2) is 5.80. The van der Waals surface area contributed by atoms with Gasteiger partial charge in [0.15, 0.2) is 0 Å². The van der Waals surface area contributed by atoms with Gasteiger partial charge in [-0.1, -0.05) is 38.5 Å². The third kappa shape index (κ3) is 3.17. The molecule has 0 radical (unpaired) electrons. The van der Waals surface area contributed by atoms with Crippen LogP contribution >= 0.6 is 0 Å². The minimum absolute atomic E-state index is 0.172. The average Bonchev–Trinajstić information content (AvgIpc) is 2.27. The number of ether oxygens (including phenoxy) is 1. The lowest BCUT2D eigenvalue weighted by Gasteiger charge is -2.21. The molecule has 2 nitrogen and oxygen atoms in total. The van der Waals surface area contributed by atoms with Crippen LogP contribution < -0.4 is 10.5 Å². The van der Waals surface area contributed by atoms with E-state index in [-0.39, 0.29) is 17.7 Å². The van der Waals surface area contributed by atoms with E-state index in [0.717, 1.165) is 6.42 Å². The van der Waals surface area contributed by atoms with E-state index in [0.29, 0.717) is 5.56 Å². The van der Waals surface area contributed by atoms with Gasteiger partial charge in [-0.05, 0) is 12.0 Å². The van der Waals surface area contributed by atoms with Crippen LogP contribution in [0.25, 0.3) is 0 Å². The number of para-hydroxylation sites is 1. The van der Waals surface area contributed by atoms with Gasteiger partial charge >= 0.3 is 6.61 Å². The summed E-state index contributed by atoms with van der Waals surface area (Å²) in [5, 5.41) is 0. The van der Waals surface area contributed by atoms with Gasteiger partial charge in [0.2, 0.25) is 0 Å². The molecule has 0 aliphatic carbocycles. The molecule has 1 aromatic rings. The summed E-state index contributed by atoms with van der Waals surface area (Å²) in [4.78, 5) is 0. The van der Waals surface area contributed by atoms with Crippen LogP contribution in [0, 0.1) is 5.92 Å². The molecule has 0 saturated heterocycles. The number of nitrogens with two attached hydrogens (primary N) is 1. The highest BCUT2D eigenvalue weighted by Gasteiger charge is 2.18. The molecule has 2 atom stereocenters. The topological polar surface area (TPSA) is 35.2 Å². The van der Waals surface area contributed by atoms with Gasteiger partial charge in [-0.3, -0.25) is 0 Å². The molecule has 4 heteroatoms. The molecule has 16 heavy (non-hydrogen) atoms. The van der Waals surface area contributed by atoms with Crippen LogP contribution in [-0.2, 0) is 0 Å². The Bertz CT molecular complexity index is 331. The van der Waals surface area contributed by atoms with Crippen molar-refractivity contribution < 1.29 is 13.5 Å². The molecule has 1 aromatic carbocycles. The quantitative estimate of drug-likeness (QED) is 0.840. The zero-order chi connectivity index (χ0) is 12.1. The lowest BCUT2D eigenvalue weighted by atomic mass is 9.93. The zero-order valence-corrected chi connectivity index (χ0v) is 9.49. The maximum absolute atomic E-state index is 12.2. The number of rotatable bonds is 5. The van der Waals surface area contributed by atoms with Crippen LogP contribution in [0.1, 0.15) is 31.9 Å². The molecule has 0 aliphatic heterocycles. The molecule has 0 aliphatic rings. The highest BCUT2D eigenvalue weighted by atomic mass is 19.3. The maximum atomic E-state index is 12.2. The van der Waals surface area contributed by atoms with Crippen LogP contribution in [0.4, 0.5) is 8.78 Å². The van der Waals surface area contributed by atoms with Crippen molar-refractivity contribution in [3.8, 4) is 5.75 Å². The molecule has 0 bridgehead atoms.